The van der Waals surface area contributed by atoms with E-state index < -0.39 is 0 Å². The van der Waals surface area contributed by atoms with E-state index in [0.717, 1.165) is 9.79 Å². The van der Waals surface area contributed by atoms with Crippen molar-refractivity contribution in [2.45, 2.75) is 9.79 Å². The van der Waals surface area contributed by atoms with E-state index in [0.29, 0.717) is 11.8 Å². The number of hydrogen-bond donors (Lipinski definition) is 0. The molecule has 0 aliphatic rings. The number of ether oxygens (including phenoxy) is 2. The van der Waals surface area contributed by atoms with Crippen LogP contribution in [-0.2, 0) is 0 Å². The van der Waals surface area contributed by atoms with Crippen LogP contribution in [0.3, 0.4) is 0 Å². The smallest absolute Gasteiger partial charge is 0.247 e. The van der Waals surface area contributed by atoms with Gasteiger partial charge in [-0.25, -0.2) is 0 Å². The first kappa shape index (κ1) is 11.7. The molecule has 0 spiro atoms. The van der Waals surface area contributed by atoms with Crippen LogP contribution in [-0.4, -0.2) is 24.4 Å². The molecule has 4 nitrogen and oxygen atoms in total. The van der Waals surface area contributed by atoms with Gasteiger partial charge in [-0.3, -0.25) is 0 Å². The van der Waals surface area contributed by atoms with Crippen LogP contribution >= 0.6 is 11.8 Å². The predicted molar refractivity (Wildman–Crippen MR) is 65.7 cm³/mol. The van der Waals surface area contributed by atoms with Crippen LogP contribution in [0.1, 0.15) is 0 Å². The minimum Gasteiger partial charge on any atom is -0.480 e. The summed E-state index contributed by atoms with van der Waals surface area (Å²) in [7, 11) is 3.14. The molecule has 0 aliphatic heterocycles. The lowest BCUT2D eigenvalue weighted by Crippen LogP contribution is -1.96. The molecule has 0 saturated heterocycles. The van der Waals surface area contributed by atoms with Gasteiger partial charge in [0.05, 0.1) is 19.1 Å². The molecule has 0 amide bonds. The number of rotatable bonds is 4. The minimum absolute atomic E-state index is 0.476. The lowest BCUT2D eigenvalue weighted by Gasteiger charge is -2.07. The number of benzene rings is 1. The van der Waals surface area contributed by atoms with E-state index in [1.807, 2.05) is 36.4 Å². The second kappa shape index (κ2) is 5.54. The average Bonchev–Trinajstić information content (AvgIpc) is 2.40. The fourth-order valence-corrected chi connectivity index (χ4v) is 2.19. The van der Waals surface area contributed by atoms with E-state index in [2.05, 4.69) is 10.2 Å². The molecule has 1 aromatic carbocycles. The topological polar surface area (TPSA) is 44.2 Å². The number of hydrogen-bond acceptors (Lipinski definition) is 5. The Morgan fingerprint density at radius 2 is 1.76 bits per heavy atom. The third-order valence-electron chi connectivity index (χ3n) is 2.08. The fraction of sp³-hybridized carbons (Fsp3) is 0.167. The normalized spacial score (nSPS) is 10.0. The van der Waals surface area contributed by atoms with Crippen molar-refractivity contribution >= 4 is 11.8 Å². The van der Waals surface area contributed by atoms with Gasteiger partial charge in [-0.15, -0.1) is 10.2 Å². The Balaban J connectivity index is 2.30. The van der Waals surface area contributed by atoms with Crippen LogP contribution in [0.2, 0.25) is 0 Å². The van der Waals surface area contributed by atoms with Crippen molar-refractivity contribution in [2.24, 2.45) is 0 Å². The van der Waals surface area contributed by atoms with Crippen molar-refractivity contribution in [1.29, 1.82) is 0 Å². The Bertz CT molecular complexity index is 491. The van der Waals surface area contributed by atoms with Crippen molar-refractivity contribution in [2.75, 3.05) is 14.2 Å². The first-order valence-electron chi connectivity index (χ1n) is 5.02. The highest BCUT2D eigenvalue weighted by Crippen LogP contribution is 2.34. The van der Waals surface area contributed by atoms with Crippen LogP contribution in [0, 0.1) is 0 Å². The molecular formula is C12H12N2O2S. The van der Waals surface area contributed by atoms with Crippen LogP contribution in [0.5, 0.6) is 11.8 Å². The average molecular weight is 248 g/mol. The van der Waals surface area contributed by atoms with Gasteiger partial charge in [-0.2, -0.15) is 0 Å². The monoisotopic (exact) mass is 248 g/mol. The Labute approximate surface area is 104 Å². The van der Waals surface area contributed by atoms with Gasteiger partial charge in [0.15, 0.2) is 0 Å². The maximum Gasteiger partial charge on any atom is 0.247 e. The molecule has 0 aliphatic carbocycles. The number of nitrogens with zero attached hydrogens (tertiary/aromatic N) is 2. The summed E-state index contributed by atoms with van der Waals surface area (Å²) in [6, 6.07) is 11.8. The van der Waals surface area contributed by atoms with E-state index >= 15 is 0 Å². The Morgan fingerprint density at radius 3 is 2.41 bits per heavy atom. The molecule has 0 N–H and O–H groups in total. The van der Waals surface area contributed by atoms with E-state index in [1.165, 1.54) is 0 Å². The molecule has 0 bridgehead atoms. The molecule has 0 unspecified atom stereocenters. The highest BCUT2D eigenvalue weighted by molar-refractivity contribution is 7.99. The van der Waals surface area contributed by atoms with Gasteiger partial charge in [0, 0.05) is 11.0 Å². The zero-order valence-electron chi connectivity index (χ0n) is 9.58. The zero-order valence-corrected chi connectivity index (χ0v) is 10.4. The van der Waals surface area contributed by atoms with Gasteiger partial charge >= 0.3 is 0 Å². The summed E-state index contributed by atoms with van der Waals surface area (Å²) in [5.41, 5.74) is 0. The van der Waals surface area contributed by atoms with Crippen LogP contribution in [0.25, 0.3) is 0 Å². The van der Waals surface area contributed by atoms with Crippen molar-refractivity contribution < 1.29 is 9.47 Å². The molecule has 1 heterocycles. The predicted octanol–water partition coefficient (Wildman–Crippen LogP) is 2.65. The Morgan fingerprint density at radius 1 is 1.00 bits per heavy atom. The first-order valence-corrected chi connectivity index (χ1v) is 5.83. The van der Waals surface area contributed by atoms with E-state index in [4.69, 9.17) is 9.47 Å². The Hall–Kier alpha value is -1.75. The molecule has 2 rings (SSSR count). The van der Waals surface area contributed by atoms with Crippen molar-refractivity contribution in [3.8, 4) is 11.8 Å². The van der Waals surface area contributed by atoms with E-state index in [-0.39, 0.29) is 0 Å². The molecule has 0 atom stereocenters. The molecule has 0 saturated carbocycles. The molecular weight excluding hydrogens is 236 g/mol. The first-order chi connectivity index (χ1) is 8.33. The number of aromatic nitrogens is 2. The summed E-state index contributed by atoms with van der Waals surface area (Å²) in [4.78, 5) is 1.99. The summed E-state index contributed by atoms with van der Waals surface area (Å²) < 4.78 is 10.2. The van der Waals surface area contributed by atoms with Crippen molar-refractivity contribution in [3.05, 3.63) is 36.4 Å². The number of methoxy groups -OCH3 is 2. The zero-order chi connectivity index (χ0) is 12.1. The van der Waals surface area contributed by atoms with Crippen LogP contribution in [0.15, 0.2) is 46.2 Å². The summed E-state index contributed by atoms with van der Waals surface area (Å²) in [5, 5.41) is 7.81. The Kier molecular flexibility index (Phi) is 3.82. The highest BCUT2D eigenvalue weighted by Gasteiger charge is 2.09. The quantitative estimate of drug-likeness (QED) is 0.832. The maximum atomic E-state index is 5.17. The van der Waals surface area contributed by atoms with Gasteiger partial charge in [0.2, 0.25) is 11.8 Å². The molecule has 88 valence electrons. The molecule has 1 aromatic heterocycles. The van der Waals surface area contributed by atoms with Crippen LogP contribution in [0.4, 0.5) is 0 Å². The third-order valence-corrected chi connectivity index (χ3v) is 3.10. The fourth-order valence-electron chi connectivity index (χ4n) is 1.28. The maximum absolute atomic E-state index is 5.17. The summed E-state index contributed by atoms with van der Waals surface area (Å²) in [5.74, 6) is 0.976. The van der Waals surface area contributed by atoms with Gasteiger partial charge in [0.25, 0.3) is 0 Å². The third kappa shape index (κ3) is 2.88. The second-order valence-corrected chi connectivity index (χ2v) is 4.29. The molecule has 17 heavy (non-hydrogen) atoms. The summed E-state index contributed by atoms with van der Waals surface area (Å²) >= 11 is 1.56. The molecule has 0 radical (unpaired) electrons. The minimum atomic E-state index is 0.476. The SMILES string of the molecule is COc1cc(Sc2ccccc2)c(OC)nn1. The molecule has 2 aromatic rings. The van der Waals surface area contributed by atoms with Crippen LogP contribution < -0.4 is 9.47 Å². The largest absolute Gasteiger partial charge is 0.480 e. The summed E-state index contributed by atoms with van der Waals surface area (Å²) in [6.45, 7) is 0. The molecule has 0 fully saturated rings. The molecule has 5 heteroatoms. The van der Waals surface area contributed by atoms with Gasteiger partial charge in [-0.1, -0.05) is 30.0 Å². The van der Waals surface area contributed by atoms with E-state index in [9.17, 15) is 0 Å². The highest BCUT2D eigenvalue weighted by atomic mass is 32.2. The lowest BCUT2D eigenvalue weighted by molar-refractivity contribution is 0.358. The van der Waals surface area contributed by atoms with Gasteiger partial charge in [0.1, 0.15) is 0 Å². The lowest BCUT2D eigenvalue weighted by atomic mass is 10.4. The summed E-state index contributed by atoms with van der Waals surface area (Å²) in [6.07, 6.45) is 0. The van der Waals surface area contributed by atoms with Crippen molar-refractivity contribution in [1.82, 2.24) is 10.2 Å². The van der Waals surface area contributed by atoms with E-state index in [1.54, 1.807) is 26.0 Å². The van der Waals surface area contributed by atoms with Gasteiger partial charge < -0.3 is 9.47 Å². The van der Waals surface area contributed by atoms with Gasteiger partial charge in [-0.05, 0) is 12.1 Å². The second-order valence-electron chi connectivity index (χ2n) is 3.18. The standard InChI is InChI=1S/C12H12N2O2S/c1-15-11-8-10(12(16-2)14-13-11)17-9-6-4-3-5-7-9/h3-8H,1-2H3. The van der Waals surface area contributed by atoms with Crippen molar-refractivity contribution in [3.63, 3.8) is 0 Å².